The number of pyridine rings is 1. The fourth-order valence-corrected chi connectivity index (χ4v) is 4.85. The zero-order valence-electron chi connectivity index (χ0n) is 22.4. The van der Waals surface area contributed by atoms with Crippen LogP contribution in [0.2, 0.25) is 0 Å². The Bertz CT molecular complexity index is 1300. The summed E-state index contributed by atoms with van der Waals surface area (Å²) in [6.45, 7) is 0. The van der Waals surface area contributed by atoms with Crippen LogP contribution in [0.1, 0.15) is 80.7 Å². The summed E-state index contributed by atoms with van der Waals surface area (Å²) in [7, 11) is 3.50. The van der Waals surface area contributed by atoms with Gasteiger partial charge in [-0.25, -0.2) is 15.4 Å². The van der Waals surface area contributed by atoms with Gasteiger partial charge in [0.2, 0.25) is 17.8 Å². The second-order valence-corrected chi connectivity index (χ2v) is 10.1. The van der Waals surface area contributed by atoms with Crippen LogP contribution < -0.4 is 16.1 Å². The van der Waals surface area contributed by atoms with Crippen LogP contribution in [-0.4, -0.2) is 61.4 Å². The van der Waals surface area contributed by atoms with Gasteiger partial charge < -0.3 is 20.1 Å². The fourth-order valence-electron chi connectivity index (χ4n) is 4.85. The topological polar surface area (TPSA) is 154 Å². The predicted octanol–water partition coefficient (Wildman–Crippen LogP) is 4.17. The van der Waals surface area contributed by atoms with Crippen LogP contribution in [0.5, 0.6) is 0 Å². The van der Waals surface area contributed by atoms with Crippen molar-refractivity contribution < 1.29 is 19.6 Å². The van der Waals surface area contributed by atoms with Gasteiger partial charge in [-0.15, -0.1) is 0 Å². The van der Waals surface area contributed by atoms with Crippen LogP contribution in [0.15, 0.2) is 30.6 Å². The molecular formula is C27H36N8O4. The lowest BCUT2D eigenvalue weighted by atomic mass is 10.1. The van der Waals surface area contributed by atoms with E-state index in [1.807, 2.05) is 6.07 Å². The molecular weight excluding hydrogens is 500 g/mol. The molecule has 208 valence electrons. The van der Waals surface area contributed by atoms with E-state index < -0.39 is 5.91 Å². The zero-order chi connectivity index (χ0) is 27.8. The van der Waals surface area contributed by atoms with Crippen molar-refractivity contribution in [3.8, 4) is 0 Å². The first-order chi connectivity index (χ1) is 18.9. The molecule has 1 aliphatic carbocycles. The predicted molar refractivity (Wildman–Crippen MR) is 147 cm³/mol. The molecule has 39 heavy (non-hydrogen) atoms. The molecule has 1 fully saturated rings. The molecule has 0 radical (unpaired) electrons. The van der Waals surface area contributed by atoms with Crippen LogP contribution in [-0.2, 0) is 9.59 Å². The lowest BCUT2D eigenvalue weighted by Crippen LogP contribution is -2.25. The summed E-state index contributed by atoms with van der Waals surface area (Å²) < 4.78 is 2.06. The molecule has 3 heterocycles. The number of amides is 3. The van der Waals surface area contributed by atoms with Crippen LogP contribution >= 0.6 is 0 Å². The van der Waals surface area contributed by atoms with Gasteiger partial charge in [-0.05, 0) is 43.9 Å². The van der Waals surface area contributed by atoms with E-state index in [2.05, 4.69) is 25.2 Å². The van der Waals surface area contributed by atoms with Crippen LogP contribution in [0.3, 0.4) is 0 Å². The summed E-state index contributed by atoms with van der Waals surface area (Å²) in [6, 6.07) is 5.60. The molecule has 0 aliphatic heterocycles. The van der Waals surface area contributed by atoms with E-state index in [0.717, 1.165) is 49.6 Å². The smallest absolute Gasteiger partial charge is 0.270 e. The van der Waals surface area contributed by atoms with Crippen LogP contribution in [0, 0.1) is 0 Å². The highest BCUT2D eigenvalue weighted by Crippen LogP contribution is 2.35. The number of unbranched alkanes of at least 4 members (excludes halogenated alkanes) is 3. The van der Waals surface area contributed by atoms with Gasteiger partial charge in [0.1, 0.15) is 17.2 Å². The molecule has 4 N–H and O–H groups in total. The van der Waals surface area contributed by atoms with E-state index in [1.165, 1.54) is 0 Å². The monoisotopic (exact) mass is 536 g/mol. The highest BCUT2D eigenvalue weighted by Gasteiger charge is 2.26. The maximum absolute atomic E-state index is 12.9. The number of hydrogen-bond donors (Lipinski definition) is 4. The lowest BCUT2D eigenvalue weighted by Gasteiger charge is -2.19. The summed E-state index contributed by atoms with van der Waals surface area (Å²) in [4.78, 5) is 51.2. The quantitative estimate of drug-likeness (QED) is 0.153. The van der Waals surface area contributed by atoms with Crippen molar-refractivity contribution in [1.29, 1.82) is 0 Å². The molecule has 3 amide bonds. The van der Waals surface area contributed by atoms with Crippen molar-refractivity contribution in [3.05, 3.63) is 36.3 Å². The Balaban J connectivity index is 1.36. The number of carbonyl (C=O) groups excluding carboxylic acids is 3. The third-order valence-corrected chi connectivity index (χ3v) is 6.86. The number of aromatic nitrogens is 4. The summed E-state index contributed by atoms with van der Waals surface area (Å²) in [5.74, 6) is 0.359. The number of fused-ring (bicyclic) bond motifs is 1. The molecule has 0 atom stereocenters. The second-order valence-electron chi connectivity index (χ2n) is 10.1. The molecule has 4 rings (SSSR count). The van der Waals surface area contributed by atoms with Crippen molar-refractivity contribution in [3.63, 3.8) is 0 Å². The Morgan fingerprint density at radius 1 is 1.00 bits per heavy atom. The number of anilines is 3. The molecule has 12 nitrogen and oxygen atoms in total. The highest BCUT2D eigenvalue weighted by atomic mass is 16.5. The Labute approximate surface area is 227 Å². The van der Waals surface area contributed by atoms with Crippen molar-refractivity contribution in [2.24, 2.45) is 0 Å². The minimum absolute atomic E-state index is 0.0548. The van der Waals surface area contributed by atoms with Crippen molar-refractivity contribution >= 4 is 46.2 Å². The van der Waals surface area contributed by atoms with Crippen molar-refractivity contribution in [2.75, 3.05) is 24.7 Å². The largest absolute Gasteiger partial charge is 0.343 e. The Hall–Kier alpha value is -4.06. The number of hydroxylamine groups is 1. The first-order valence-corrected chi connectivity index (χ1v) is 13.4. The minimum Gasteiger partial charge on any atom is -0.343 e. The summed E-state index contributed by atoms with van der Waals surface area (Å²) >= 11 is 0. The lowest BCUT2D eigenvalue weighted by molar-refractivity contribution is -0.129. The molecule has 0 saturated heterocycles. The molecule has 0 aromatic carbocycles. The van der Waals surface area contributed by atoms with Crippen molar-refractivity contribution in [1.82, 2.24) is 29.9 Å². The number of hydrogen-bond acceptors (Lipinski definition) is 8. The van der Waals surface area contributed by atoms with Gasteiger partial charge in [-0.3, -0.25) is 19.6 Å². The number of nitrogens with one attached hydrogen (secondary N) is 3. The maximum atomic E-state index is 12.9. The molecule has 1 saturated carbocycles. The molecule has 0 bridgehead atoms. The van der Waals surface area contributed by atoms with E-state index in [1.54, 1.807) is 49.0 Å². The second kappa shape index (κ2) is 13.1. The van der Waals surface area contributed by atoms with E-state index in [-0.39, 0.29) is 24.3 Å². The average molecular weight is 537 g/mol. The SMILES string of the molecule is CN(C)C(=O)c1cc2cnc(Nc3ccc(NC(=O)CCCCCCC(=O)NO)cn3)nc2n1C1CCCC1. The first-order valence-electron chi connectivity index (χ1n) is 13.4. The first kappa shape index (κ1) is 28.0. The summed E-state index contributed by atoms with van der Waals surface area (Å²) in [6.07, 6.45) is 11.3. The molecule has 0 unspecified atom stereocenters. The van der Waals surface area contributed by atoms with Gasteiger partial charge in [0.05, 0.1) is 11.9 Å². The average Bonchev–Trinajstić information content (AvgIpc) is 3.58. The van der Waals surface area contributed by atoms with Crippen LogP contribution in [0.4, 0.5) is 17.5 Å². The van der Waals surface area contributed by atoms with E-state index in [0.29, 0.717) is 42.4 Å². The molecule has 3 aromatic rings. The fraction of sp³-hybridized carbons (Fsp3) is 0.481. The zero-order valence-corrected chi connectivity index (χ0v) is 22.4. The standard InChI is InChI=1S/C27H36N8O4/c1-34(2)26(38)21-15-18-16-29-27(32-25(18)35(21)20-9-7-8-10-20)31-22-14-13-19(17-28-22)30-23(36)11-5-3-4-6-12-24(37)33-39/h13-17,20,39H,3-12H2,1-2H3,(H,30,36)(H,33,37)(H,28,29,31,32). The third-order valence-electron chi connectivity index (χ3n) is 6.86. The highest BCUT2D eigenvalue weighted by molar-refractivity contribution is 5.98. The molecule has 12 heteroatoms. The van der Waals surface area contributed by atoms with E-state index >= 15 is 0 Å². The van der Waals surface area contributed by atoms with Gasteiger partial charge >= 0.3 is 0 Å². The Morgan fingerprint density at radius 3 is 2.36 bits per heavy atom. The van der Waals surface area contributed by atoms with Gasteiger partial charge in [0.25, 0.3) is 5.91 Å². The van der Waals surface area contributed by atoms with E-state index in [4.69, 9.17) is 10.2 Å². The van der Waals surface area contributed by atoms with Gasteiger partial charge in [-0.2, -0.15) is 4.98 Å². The molecule has 0 spiro atoms. The van der Waals surface area contributed by atoms with Gasteiger partial charge in [0.15, 0.2) is 0 Å². The summed E-state index contributed by atoms with van der Waals surface area (Å²) in [5, 5.41) is 15.3. The minimum atomic E-state index is -0.394. The summed E-state index contributed by atoms with van der Waals surface area (Å²) in [5.41, 5.74) is 3.55. The Morgan fingerprint density at radius 2 is 1.72 bits per heavy atom. The number of rotatable bonds is 12. The Kier molecular flexibility index (Phi) is 9.42. The van der Waals surface area contributed by atoms with Gasteiger partial charge in [0, 0.05) is 44.6 Å². The van der Waals surface area contributed by atoms with Crippen molar-refractivity contribution in [2.45, 2.75) is 70.3 Å². The molecule has 3 aromatic heterocycles. The maximum Gasteiger partial charge on any atom is 0.270 e. The number of carbonyl (C=O) groups is 3. The molecule has 1 aliphatic rings. The third kappa shape index (κ3) is 7.29. The van der Waals surface area contributed by atoms with Crippen LogP contribution in [0.25, 0.3) is 11.0 Å². The van der Waals surface area contributed by atoms with Gasteiger partial charge in [-0.1, -0.05) is 25.7 Å². The number of nitrogens with zero attached hydrogens (tertiary/aromatic N) is 5. The van der Waals surface area contributed by atoms with E-state index in [9.17, 15) is 14.4 Å². The normalized spacial score (nSPS) is 13.4.